The molecule has 1 saturated heterocycles. The minimum atomic E-state index is -0.00893. The van der Waals surface area contributed by atoms with Crippen LogP contribution in [0.4, 0.5) is 0 Å². The van der Waals surface area contributed by atoms with Crippen molar-refractivity contribution < 1.29 is 9.21 Å². The number of furan rings is 1. The Bertz CT molecular complexity index is 1270. The minimum absolute atomic E-state index is 0.00893. The summed E-state index contributed by atoms with van der Waals surface area (Å²) in [5.74, 6) is 1.47. The van der Waals surface area contributed by atoms with E-state index in [0.29, 0.717) is 30.2 Å². The molecule has 0 bridgehead atoms. The molecule has 0 saturated carbocycles. The van der Waals surface area contributed by atoms with Crippen LogP contribution in [0.3, 0.4) is 0 Å². The molecule has 1 fully saturated rings. The highest BCUT2D eigenvalue weighted by molar-refractivity contribution is 5.94. The largest absolute Gasteiger partial charge is 0.460 e. The lowest BCUT2D eigenvalue weighted by molar-refractivity contribution is 0.0641. The van der Waals surface area contributed by atoms with Crippen LogP contribution in [0.5, 0.6) is 0 Å². The van der Waals surface area contributed by atoms with Crippen LogP contribution < -0.4 is 0 Å². The first-order valence-corrected chi connectivity index (χ1v) is 11.6. The average Bonchev–Trinajstić information content (AvgIpc) is 3.52. The molecule has 0 atom stereocenters. The molecule has 1 amide bonds. The van der Waals surface area contributed by atoms with E-state index in [9.17, 15) is 4.79 Å². The molecule has 1 aliphatic rings. The molecule has 172 valence electrons. The van der Waals surface area contributed by atoms with Crippen molar-refractivity contribution in [2.24, 2.45) is 0 Å². The fourth-order valence-corrected chi connectivity index (χ4v) is 4.19. The maximum Gasteiger partial charge on any atom is 0.272 e. The van der Waals surface area contributed by atoms with Crippen molar-refractivity contribution in [1.82, 2.24) is 19.6 Å². The predicted molar refractivity (Wildman–Crippen MR) is 134 cm³/mol. The molecule has 2 aromatic heterocycles. The molecule has 6 nitrogen and oxygen atoms in total. The average molecular weight is 453 g/mol. The summed E-state index contributed by atoms with van der Waals surface area (Å²) in [5.41, 5.74) is 3.26. The van der Waals surface area contributed by atoms with Gasteiger partial charge in [-0.1, -0.05) is 60.7 Å². The van der Waals surface area contributed by atoms with Gasteiger partial charge in [-0.3, -0.25) is 9.69 Å². The van der Waals surface area contributed by atoms with Crippen LogP contribution in [0.2, 0.25) is 0 Å². The van der Waals surface area contributed by atoms with Gasteiger partial charge in [-0.05, 0) is 36.8 Å². The van der Waals surface area contributed by atoms with Gasteiger partial charge in [-0.2, -0.15) is 5.10 Å². The number of aromatic nitrogens is 2. The van der Waals surface area contributed by atoms with E-state index < -0.39 is 0 Å². The number of hydrogen-bond donors (Lipinski definition) is 0. The van der Waals surface area contributed by atoms with Crippen molar-refractivity contribution in [3.05, 3.63) is 102 Å². The number of para-hydroxylation sites is 1. The van der Waals surface area contributed by atoms with Crippen molar-refractivity contribution >= 4 is 12.0 Å². The van der Waals surface area contributed by atoms with Gasteiger partial charge in [-0.15, -0.1) is 0 Å². The zero-order valence-electron chi connectivity index (χ0n) is 19.3. The Morgan fingerprint density at radius 3 is 2.32 bits per heavy atom. The molecule has 0 unspecified atom stereocenters. The topological polar surface area (TPSA) is 54.5 Å². The van der Waals surface area contributed by atoms with Crippen molar-refractivity contribution in [1.29, 1.82) is 0 Å². The Kier molecular flexibility index (Phi) is 6.40. The van der Waals surface area contributed by atoms with E-state index in [0.717, 1.165) is 31.1 Å². The molecule has 0 radical (unpaired) electrons. The van der Waals surface area contributed by atoms with Gasteiger partial charge >= 0.3 is 0 Å². The van der Waals surface area contributed by atoms with E-state index in [2.05, 4.69) is 29.2 Å². The Balaban J connectivity index is 1.29. The van der Waals surface area contributed by atoms with Crippen molar-refractivity contribution in [3.8, 4) is 17.1 Å². The number of hydrogen-bond acceptors (Lipinski definition) is 4. The molecule has 4 aromatic rings. The summed E-state index contributed by atoms with van der Waals surface area (Å²) in [6.07, 6.45) is 4.34. The van der Waals surface area contributed by atoms with Crippen molar-refractivity contribution in [3.63, 3.8) is 0 Å². The lowest BCUT2D eigenvalue weighted by Crippen LogP contribution is -2.49. The SMILES string of the molecule is Cc1ccc(-c2cc(C(=O)N3CCN(C/C=C/c4ccccc4)CC3)n(-c3ccccc3)n2)o1. The first kappa shape index (κ1) is 21.9. The molecule has 6 heteroatoms. The van der Waals surface area contributed by atoms with Gasteiger partial charge in [-0.25, -0.2) is 4.68 Å². The molecule has 1 aliphatic heterocycles. The van der Waals surface area contributed by atoms with E-state index in [1.165, 1.54) is 5.56 Å². The molecule has 0 N–H and O–H groups in total. The Morgan fingerprint density at radius 1 is 0.941 bits per heavy atom. The number of amides is 1. The van der Waals surface area contributed by atoms with Crippen molar-refractivity contribution in [2.75, 3.05) is 32.7 Å². The highest BCUT2D eigenvalue weighted by Crippen LogP contribution is 2.25. The van der Waals surface area contributed by atoms with Gasteiger partial charge in [0.15, 0.2) is 5.76 Å². The molecule has 2 aromatic carbocycles. The number of carbonyl (C=O) groups is 1. The van der Waals surface area contributed by atoms with E-state index in [-0.39, 0.29) is 5.91 Å². The Hall–Kier alpha value is -3.90. The van der Waals surface area contributed by atoms with E-state index in [1.54, 1.807) is 4.68 Å². The number of aryl methyl sites for hydroxylation is 1. The van der Waals surface area contributed by atoms with Gasteiger partial charge in [0.1, 0.15) is 17.1 Å². The normalized spacial score (nSPS) is 14.7. The van der Waals surface area contributed by atoms with Crippen LogP contribution >= 0.6 is 0 Å². The first-order valence-electron chi connectivity index (χ1n) is 11.6. The number of nitrogens with zero attached hydrogens (tertiary/aromatic N) is 4. The Morgan fingerprint density at radius 2 is 1.65 bits per heavy atom. The highest BCUT2D eigenvalue weighted by Gasteiger charge is 2.26. The van der Waals surface area contributed by atoms with Gasteiger partial charge in [0.2, 0.25) is 0 Å². The molecule has 0 spiro atoms. The fourth-order valence-electron chi connectivity index (χ4n) is 4.19. The fraction of sp³-hybridized carbons (Fsp3) is 0.214. The number of carbonyl (C=O) groups excluding carboxylic acids is 1. The minimum Gasteiger partial charge on any atom is -0.460 e. The summed E-state index contributed by atoms with van der Waals surface area (Å²) in [6.45, 7) is 5.84. The van der Waals surface area contributed by atoms with Crippen molar-refractivity contribution in [2.45, 2.75) is 6.92 Å². The lowest BCUT2D eigenvalue weighted by Gasteiger charge is -2.34. The summed E-state index contributed by atoms with van der Waals surface area (Å²) in [5, 5.41) is 4.72. The quantitative estimate of drug-likeness (QED) is 0.417. The van der Waals surface area contributed by atoms with Crippen LogP contribution in [0.15, 0.2) is 89.4 Å². The van der Waals surface area contributed by atoms with E-state index >= 15 is 0 Å². The second-order valence-corrected chi connectivity index (χ2v) is 8.48. The third-order valence-corrected chi connectivity index (χ3v) is 6.06. The number of rotatable bonds is 6. The number of piperazine rings is 1. The summed E-state index contributed by atoms with van der Waals surface area (Å²) >= 11 is 0. The number of benzene rings is 2. The van der Waals surface area contributed by atoms with Gasteiger partial charge in [0, 0.05) is 38.8 Å². The smallest absolute Gasteiger partial charge is 0.272 e. The van der Waals surface area contributed by atoms with E-state index in [1.807, 2.05) is 78.6 Å². The third-order valence-electron chi connectivity index (χ3n) is 6.06. The van der Waals surface area contributed by atoms with Gasteiger partial charge in [0.25, 0.3) is 5.91 Å². The Labute approximate surface area is 199 Å². The summed E-state index contributed by atoms with van der Waals surface area (Å²) in [4.78, 5) is 17.8. The molecular formula is C28H28N4O2. The monoisotopic (exact) mass is 452 g/mol. The molecule has 34 heavy (non-hydrogen) atoms. The van der Waals surface area contributed by atoms with Crippen LogP contribution in [0.25, 0.3) is 23.2 Å². The highest BCUT2D eigenvalue weighted by atomic mass is 16.3. The molecule has 5 rings (SSSR count). The molecule has 0 aliphatic carbocycles. The van der Waals surface area contributed by atoms with Crippen LogP contribution in [0, 0.1) is 6.92 Å². The molecule has 3 heterocycles. The maximum atomic E-state index is 13.6. The first-order chi connectivity index (χ1) is 16.7. The summed E-state index contributed by atoms with van der Waals surface area (Å²) in [7, 11) is 0. The van der Waals surface area contributed by atoms with Gasteiger partial charge in [0.05, 0.1) is 5.69 Å². The zero-order valence-corrected chi connectivity index (χ0v) is 19.3. The van der Waals surface area contributed by atoms with Gasteiger partial charge < -0.3 is 9.32 Å². The lowest BCUT2D eigenvalue weighted by atomic mass is 10.2. The second-order valence-electron chi connectivity index (χ2n) is 8.48. The van der Waals surface area contributed by atoms with E-state index in [4.69, 9.17) is 9.52 Å². The van der Waals surface area contributed by atoms with Crippen LogP contribution in [-0.2, 0) is 0 Å². The standard InChI is InChI=1S/C28H28N4O2/c1-22-14-15-27(34-22)25-21-26(32(29-25)24-12-6-3-7-13-24)28(33)31-19-17-30(18-20-31)16-8-11-23-9-4-2-5-10-23/h2-15,21H,16-20H2,1H3/b11-8+. The van der Waals surface area contributed by atoms with Crippen LogP contribution in [0.1, 0.15) is 21.8 Å². The summed E-state index contributed by atoms with van der Waals surface area (Å²) in [6, 6.07) is 25.7. The maximum absolute atomic E-state index is 13.6. The van der Waals surface area contributed by atoms with Crippen LogP contribution in [-0.4, -0.2) is 58.2 Å². The molecular weight excluding hydrogens is 424 g/mol. The predicted octanol–water partition coefficient (Wildman–Crippen LogP) is 4.91. The zero-order chi connectivity index (χ0) is 23.3. The third kappa shape index (κ3) is 4.87. The second kappa shape index (κ2) is 9.93. The summed E-state index contributed by atoms with van der Waals surface area (Å²) < 4.78 is 7.50.